The number of carbonyl (C=O) groups is 1. The molecule has 3 rings (SSSR count). The molecule has 1 N–H and O–H groups in total. The molecule has 1 amide bonds. The number of para-hydroxylation sites is 1. The summed E-state index contributed by atoms with van der Waals surface area (Å²) in [6.45, 7) is 0. The molecule has 2 aromatic carbocycles. The normalized spacial score (nSPS) is 12.2. The third kappa shape index (κ3) is 7.81. The van der Waals surface area contributed by atoms with E-state index in [2.05, 4.69) is 20.0 Å². The average molecular weight is 563 g/mol. The van der Waals surface area contributed by atoms with Gasteiger partial charge in [0, 0.05) is 17.7 Å². The number of benzene rings is 2. The van der Waals surface area contributed by atoms with Gasteiger partial charge in [-0.2, -0.15) is 13.2 Å². The first-order valence-electron chi connectivity index (χ1n) is 10.7. The molecule has 8 nitrogen and oxygen atoms in total. The maximum absolute atomic E-state index is 13.5. The summed E-state index contributed by atoms with van der Waals surface area (Å²) >= 11 is 0. The first-order valence-corrected chi connectivity index (χ1v) is 12.3. The van der Waals surface area contributed by atoms with Crippen molar-refractivity contribution in [2.45, 2.75) is 30.5 Å². The summed E-state index contributed by atoms with van der Waals surface area (Å²) in [4.78, 5) is 19.2. The van der Waals surface area contributed by atoms with Crippen molar-refractivity contribution in [1.82, 2.24) is 9.97 Å². The molecule has 204 valence electrons. The summed E-state index contributed by atoms with van der Waals surface area (Å²) in [5.41, 5.74) is -1.55. The third-order valence-electron chi connectivity index (χ3n) is 4.85. The Kier molecular flexibility index (Phi) is 8.49. The molecule has 1 heterocycles. The van der Waals surface area contributed by atoms with E-state index in [9.17, 15) is 39.6 Å². The number of ether oxygens (including phenoxy) is 2. The van der Waals surface area contributed by atoms with Crippen LogP contribution < -0.4 is 14.8 Å². The Morgan fingerprint density at radius 3 is 2.24 bits per heavy atom. The van der Waals surface area contributed by atoms with Crippen LogP contribution in [0.25, 0.3) is 11.3 Å². The van der Waals surface area contributed by atoms with Gasteiger partial charge in [0.2, 0.25) is 20.9 Å². The lowest BCUT2D eigenvalue weighted by Gasteiger charge is -2.13. The van der Waals surface area contributed by atoms with Gasteiger partial charge in [-0.15, -0.1) is 13.2 Å². The monoisotopic (exact) mass is 563 g/mol. The Balaban J connectivity index is 1.72. The van der Waals surface area contributed by atoms with Gasteiger partial charge < -0.3 is 14.8 Å². The Hall–Kier alpha value is -3.88. The number of hydrogen-bond acceptors (Lipinski definition) is 7. The molecule has 0 aliphatic carbocycles. The van der Waals surface area contributed by atoms with Crippen molar-refractivity contribution in [3.05, 3.63) is 60.3 Å². The minimum Gasteiger partial charge on any atom is -0.496 e. The largest absolute Gasteiger partial charge is 0.573 e. The van der Waals surface area contributed by atoms with E-state index in [0.29, 0.717) is 6.07 Å². The fourth-order valence-corrected chi connectivity index (χ4v) is 4.36. The standard InChI is InChI=1S/C23H19F6N3O5S/c1-36-18-6-3-2-5-16(18)17-13-19(22(24,25)26)32-21(31-17)38(34,35)12-4-7-20(33)30-14-8-10-15(11-9-14)37-23(27,28)29/h2-3,5-6,8-11,13H,4,7,12H2,1H3,(H,30,33). The number of sulfone groups is 1. The highest BCUT2D eigenvalue weighted by Gasteiger charge is 2.36. The van der Waals surface area contributed by atoms with Crippen LogP contribution in [0.3, 0.4) is 0 Å². The van der Waals surface area contributed by atoms with Crippen LogP contribution in [0.1, 0.15) is 18.5 Å². The maximum Gasteiger partial charge on any atom is 0.573 e. The van der Waals surface area contributed by atoms with Gasteiger partial charge in [0.05, 0.1) is 18.6 Å². The van der Waals surface area contributed by atoms with Gasteiger partial charge in [-0.25, -0.2) is 18.4 Å². The number of anilines is 1. The van der Waals surface area contributed by atoms with Crippen LogP contribution in [0, 0.1) is 0 Å². The maximum atomic E-state index is 13.5. The van der Waals surface area contributed by atoms with E-state index >= 15 is 0 Å². The number of amides is 1. The molecule has 0 radical (unpaired) electrons. The van der Waals surface area contributed by atoms with Crippen molar-refractivity contribution in [3.8, 4) is 22.8 Å². The first-order chi connectivity index (χ1) is 17.7. The Labute approximate surface area is 212 Å². The second-order valence-corrected chi connectivity index (χ2v) is 9.66. The second-order valence-electron chi connectivity index (χ2n) is 7.66. The lowest BCUT2D eigenvalue weighted by Crippen LogP contribution is -2.18. The molecule has 38 heavy (non-hydrogen) atoms. The number of nitrogens with zero attached hydrogens (tertiary/aromatic N) is 2. The van der Waals surface area contributed by atoms with Gasteiger partial charge in [-0.1, -0.05) is 12.1 Å². The van der Waals surface area contributed by atoms with E-state index in [1.165, 1.54) is 25.3 Å². The van der Waals surface area contributed by atoms with Crippen LogP contribution in [0.2, 0.25) is 0 Å². The summed E-state index contributed by atoms with van der Waals surface area (Å²) in [5.74, 6) is -1.76. The zero-order valence-corrected chi connectivity index (χ0v) is 20.2. The molecule has 1 aromatic heterocycles. The van der Waals surface area contributed by atoms with Crippen molar-refractivity contribution >= 4 is 21.4 Å². The Morgan fingerprint density at radius 2 is 1.63 bits per heavy atom. The smallest absolute Gasteiger partial charge is 0.496 e. The molecule has 0 saturated heterocycles. The van der Waals surface area contributed by atoms with Crippen LogP contribution >= 0.6 is 0 Å². The molecule has 3 aromatic rings. The molecular weight excluding hydrogens is 544 g/mol. The van der Waals surface area contributed by atoms with Gasteiger partial charge in [0.1, 0.15) is 17.2 Å². The summed E-state index contributed by atoms with van der Waals surface area (Å²) in [6.07, 6.45) is -10.5. The number of carbonyl (C=O) groups excluding carboxylic acids is 1. The highest BCUT2D eigenvalue weighted by molar-refractivity contribution is 7.91. The van der Waals surface area contributed by atoms with Crippen LogP contribution in [-0.4, -0.2) is 43.5 Å². The van der Waals surface area contributed by atoms with E-state index in [4.69, 9.17) is 4.74 Å². The number of rotatable bonds is 9. The number of hydrogen-bond donors (Lipinski definition) is 1. The molecule has 0 bridgehead atoms. The minimum absolute atomic E-state index is 0.116. The van der Waals surface area contributed by atoms with E-state index < -0.39 is 50.6 Å². The number of nitrogens with one attached hydrogen (secondary N) is 1. The fourth-order valence-electron chi connectivity index (χ4n) is 3.18. The SMILES string of the molecule is COc1ccccc1-c1cc(C(F)(F)F)nc(S(=O)(=O)CCCC(=O)Nc2ccc(OC(F)(F)F)cc2)n1. The van der Waals surface area contributed by atoms with Crippen LogP contribution in [0.5, 0.6) is 11.5 Å². The molecule has 0 aliphatic rings. The topological polar surface area (TPSA) is 107 Å². The Bertz CT molecular complexity index is 1390. The van der Waals surface area contributed by atoms with Gasteiger partial charge in [0.15, 0.2) is 0 Å². The third-order valence-corrected chi connectivity index (χ3v) is 6.41. The molecule has 15 heteroatoms. The zero-order chi connectivity index (χ0) is 28.1. The molecule has 0 aliphatic heterocycles. The second kappa shape index (κ2) is 11.2. The molecule has 0 fully saturated rings. The van der Waals surface area contributed by atoms with Crippen LogP contribution in [0.4, 0.5) is 32.0 Å². The Morgan fingerprint density at radius 1 is 0.974 bits per heavy atom. The summed E-state index contributed by atoms with van der Waals surface area (Å²) in [7, 11) is -3.16. The summed E-state index contributed by atoms with van der Waals surface area (Å²) in [6, 6.07) is 10.8. The fraction of sp³-hybridized carbons (Fsp3) is 0.261. The van der Waals surface area contributed by atoms with Crippen molar-refractivity contribution in [3.63, 3.8) is 0 Å². The highest BCUT2D eigenvalue weighted by atomic mass is 32.2. The van der Waals surface area contributed by atoms with Gasteiger partial charge in [-0.3, -0.25) is 4.79 Å². The van der Waals surface area contributed by atoms with Crippen molar-refractivity contribution in [1.29, 1.82) is 0 Å². The van der Waals surface area contributed by atoms with Crippen molar-refractivity contribution < 1.29 is 49.0 Å². The molecule has 0 unspecified atom stereocenters. The van der Waals surface area contributed by atoms with Gasteiger partial charge in [-0.05, 0) is 48.9 Å². The zero-order valence-electron chi connectivity index (χ0n) is 19.4. The molecular formula is C23H19F6N3O5S. The first kappa shape index (κ1) is 28.7. The summed E-state index contributed by atoms with van der Waals surface area (Å²) < 4.78 is 111. The van der Waals surface area contributed by atoms with Gasteiger partial charge in [0.25, 0.3) is 0 Å². The van der Waals surface area contributed by atoms with Crippen LogP contribution in [0.15, 0.2) is 59.8 Å². The van der Waals surface area contributed by atoms with E-state index in [1.807, 2.05) is 0 Å². The number of methoxy groups -OCH3 is 1. The number of alkyl halides is 6. The molecule has 0 spiro atoms. The van der Waals surface area contributed by atoms with E-state index in [0.717, 1.165) is 24.3 Å². The number of aromatic nitrogens is 2. The van der Waals surface area contributed by atoms with Gasteiger partial charge >= 0.3 is 12.5 Å². The van der Waals surface area contributed by atoms with E-state index in [-0.39, 0.29) is 35.5 Å². The molecule has 0 atom stereocenters. The minimum atomic E-state index is -4.97. The van der Waals surface area contributed by atoms with Crippen molar-refractivity contribution in [2.75, 3.05) is 18.2 Å². The summed E-state index contributed by atoms with van der Waals surface area (Å²) in [5, 5.41) is 1.30. The lowest BCUT2D eigenvalue weighted by molar-refractivity contribution is -0.274. The van der Waals surface area contributed by atoms with Crippen molar-refractivity contribution in [2.24, 2.45) is 0 Å². The predicted molar refractivity (Wildman–Crippen MR) is 122 cm³/mol. The number of halogens is 6. The quantitative estimate of drug-likeness (QED) is 0.280. The predicted octanol–water partition coefficient (Wildman–Crippen LogP) is 5.26. The van der Waals surface area contributed by atoms with Crippen LogP contribution in [-0.2, 0) is 20.8 Å². The highest BCUT2D eigenvalue weighted by Crippen LogP contribution is 2.34. The van der Waals surface area contributed by atoms with E-state index in [1.54, 1.807) is 6.07 Å². The molecule has 0 saturated carbocycles. The average Bonchev–Trinajstić information content (AvgIpc) is 2.83. The lowest BCUT2D eigenvalue weighted by atomic mass is 10.1.